The van der Waals surface area contributed by atoms with Crippen LogP contribution in [0.5, 0.6) is 0 Å². The lowest BCUT2D eigenvalue weighted by Crippen LogP contribution is -2.08. The minimum absolute atomic E-state index is 0.609. The Bertz CT molecular complexity index is 516. The van der Waals surface area contributed by atoms with Crippen LogP contribution in [0.2, 0.25) is 0 Å². The van der Waals surface area contributed by atoms with Gasteiger partial charge in [0.05, 0.1) is 6.20 Å². The molecule has 2 aromatic rings. The summed E-state index contributed by atoms with van der Waals surface area (Å²) in [6, 6.07) is 7.93. The second-order valence-corrected chi connectivity index (χ2v) is 4.93. The van der Waals surface area contributed by atoms with Crippen molar-refractivity contribution in [1.29, 1.82) is 0 Å². The lowest BCUT2D eigenvalue weighted by molar-refractivity contribution is 0.220. The Labute approximate surface area is 114 Å². The fraction of sp³-hybridized carbons (Fsp3) is 0.400. The van der Waals surface area contributed by atoms with E-state index in [9.17, 15) is 5.11 Å². The molecule has 2 rings (SSSR count). The van der Waals surface area contributed by atoms with Gasteiger partial charge in [-0.05, 0) is 24.1 Å². The second kappa shape index (κ2) is 5.89. The summed E-state index contributed by atoms with van der Waals surface area (Å²) >= 11 is 0. The number of aryl methyl sites for hydroxylation is 1. The molecule has 0 bridgehead atoms. The molecule has 19 heavy (non-hydrogen) atoms. The third-order valence-electron chi connectivity index (χ3n) is 3.15. The molecule has 4 nitrogen and oxygen atoms in total. The van der Waals surface area contributed by atoms with Crippen molar-refractivity contribution in [2.24, 2.45) is 0 Å². The molecule has 1 aromatic heterocycles. The van der Waals surface area contributed by atoms with Gasteiger partial charge in [-0.2, -0.15) is 5.10 Å². The van der Waals surface area contributed by atoms with E-state index in [4.69, 9.17) is 0 Å². The van der Waals surface area contributed by atoms with Gasteiger partial charge in [0.1, 0.15) is 6.10 Å². The van der Waals surface area contributed by atoms with Crippen LogP contribution in [0.3, 0.4) is 0 Å². The fourth-order valence-electron chi connectivity index (χ4n) is 2.02. The van der Waals surface area contributed by atoms with Crippen LogP contribution in [0, 0.1) is 0 Å². The first-order chi connectivity index (χ1) is 9.11. The minimum Gasteiger partial charge on any atom is -0.384 e. The van der Waals surface area contributed by atoms with Crippen molar-refractivity contribution in [3.63, 3.8) is 0 Å². The Morgan fingerprint density at radius 2 is 1.89 bits per heavy atom. The Balaban J connectivity index is 2.15. The largest absolute Gasteiger partial charge is 0.384 e. The molecule has 1 aromatic carbocycles. The monoisotopic (exact) mass is 259 g/mol. The number of hydrogen-bond donors (Lipinski definition) is 1. The molecule has 4 heteroatoms. The van der Waals surface area contributed by atoms with Crippen LogP contribution < -0.4 is 4.90 Å². The molecular formula is C15H21N3O. The number of aromatic nitrogens is 2. The smallest absolute Gasteiger partial charge is 0.107 e. The highest BCUT2D eigenvalue weighted by molar-refractivity contribution is 5.47. The Kier molecular flexibility index (Phi) is 4.22. The average Bonchev–Trinajstić information content (AvgIpc) is 2.87. The van der Waals surface area contributed by atoms with Gasteiger partial charge < -0.3 is 10.0 Å². The fourth-order valence-corrected chi connectivity index (χ4v) is 2.02. The molecule has 102 valence electrons. The van der Waals surface area contributed by atoms with Gasteiger partial charge in [-0.25, -0.2) is 0 Å². The molecule has 0 aliphatic heterocycles. The third kappa shape index (κ3) is 3.15. The zero-order chi connectivity index (χ0) is 13.8. The SMILES string of the molecule is CCCn1cc(C(O)c2ccc(N(C)C)cc2)cn1. The van der Waals surface area contributed by atoms with E-state index >= 15 is 0 Å². The third-order valence-corrected chi connectivity index (χ3v) is 3.15. The van der Waals surface area contributed by atoms with Crippen molar-refractivity contribution in [1.82, 2.24) is 9.78 Å². The molecule has 0 aliphatic carbocycles. The van der Waals surface area contributed by atoms with Gasteiger partial charge in [-0.15, -0.1) is 0 Å². The number of aliphatic hydroxyl groups is 1. The van der Waals surface area contributed by atoms with Gasteiger partial charge in [-0.3, -0.25) is 4.68 Å². The van der Waals surface area contributed by atoms with Crippen molar-refractivity contribution in [3.05, 3.63) is 47.8 Å². The molecule has 0 radical (unpaired) electrons. The van der Waals surface area contributed by atoms with Crippen LogP contribution in [0.25, 0.3) is 0 Å². The molecular weight excluding hydrogens is 238 g/mol. The van der Waals surface area contributed by atoms with Crippen LogP contribution in [0.15, 0.2) is 36.7 Å². The number of nitrogens with zero attached hydrogens (tertiary/aromatic N) is 3. The van der Waals surface area contributed by atoms with Gasteiger partial charge in [0.2, 0.25) is 0 Å². The average molecular weight is 259 g/mol. The maximum Gasteiger partial charge on any atom is 0.107 e. The van der Waals surface area contributed by atoms with Gasteiger partial charge in [0.15, 0.2) is 0 Å². The Morgan fingerprint density at radius 3 is 2.47 bits per heavy atom. The summed E-state index contributed by atoms with van der Waals surface area (Å²) in [5.74, 6) is 0. The molecule has 1 N–H and O–H groups in total. The normalized spacial score (nSPS) is 12.4. The highest BCUT2D eigenvalue weighted by atomic mass is 16.3. The molecule has 1 unspecified atom stereocenters. The summed E-state index contributed by atoms with van der Waals surface area (Å²) in [5, 5.41) is 14.6. The van der Waals surface area contributed by atoms with E-state index < -0.39 is 6.10 Å². The van der Waals surface area contributed by atoms with E-state index in [1.54, 1.807) is 6.20 Å². The highest BCUT2D eigenvalue weighted by Gasteiger charge is 2.12. The summed E-state index contributed by atoms with van der Waals surface area (Å²) in [6.45, 7) is 2.99. The van der Waals surface area contributed by atoms with Crippen molar-refractivity contribution >= 4 is 5.69 Å². The van der Waals surface area contributed by atoms with Crippen LogP contribution in [0.1, 0.15) is 30.6 Å². The zero-order valence-corrected chi connectivity index (χ0v) is 11.7. The molecule has 0 saturated heterocycles. The quantitative estimate of drug-likeness (QED) is 0.896. The molecule has 0 aliphatic rings. The predicted molar refractivity (Wildman–Crippen MR) is 77.3 cm³/mol. The lowest BCUT2D eigenvalue weighted by atomic mass is 10.0. The zero-order valence-electron chi connectivity index (χ0n) is 11.7. The van der Waals surface area contributed by atoms with E-state index in [0.717, 1.165) is 29.8 Å². The van der Waals surface area contributed by atoms with Crippen molar-refractivity contribution in [2.45, 2.75) is 26.0 Å². The van der Waals surface area contributed by atoms with Crippen molar-refractivity contribution in [2.75, 3.05) is 19.0 Å². The molecule has 0 spiro atoms. The van der Waals surface area contributed by atoms with Gasteiger partial charge in [0, 0.05) is 38.1 Å². The van der Waals surface area contributed by atoms with E-state index in [1.807, 2.05) is 54.1 Å². The van der Waals surface area contributed by atoms with Gasteiger partial charge in [0.25, 0.3) is 0 Å². The summed E-state index contributed by atoms with van der Waals surface area (Å²) in [6.07, 6.45) is 4.07. The van der Waals surface area contributed by atoms with Crippen LogP contribution >= 0.6 is 0 Å². The molecule has 0 saturated carbocycles. The second-order valence-electron chi connectivity index (χ2n) is 4.93. The predicted octanol–water partition coefficient (Wildman–Crippen LogP) is 2.44. The van der Waals surface area contributed by atoms with Crippen molar-refractivity contribution < 1.29 is 5.11 Å². The van der Waals surface area contributed by atoms with E-state index in [2.05, 4.69) is 12.0 Å². The van der Waals surface area contributed by atoms with Crippen LogP contribution in [-0.4, -0.2) is 29.0 Å². The van der Waals surface area contributed by atoms with Crippen LogP contribution in [-0.2, 0) is 6.54 Å². The Hall–Kier alpha value is -1.81. The van der Waals surface area contributed by atoms with Gasteiger partial charge >= 0.3 is 0 Å². The Morgan fingerprint density at radius 1 is 1.21 bits per heavy atom. The number of aliphatic hydroxyl groups excluding tert-OH is 1. The minimum atomic E-state index is -0.609. The molecule has 1 atom stereocenters. The maximum absolute atomic E-state index is 10.3. The standard InChI is InChI=1S/C15H21N3O/c1-4-9-18-11-13(10-16-18)15(19)12-5-7-14(8-6-12)17(2)3/h5-8,10-11,15,19H,4,9H2,1-3H3. The lowest BCUT2D eigenvalue weighted by Gasteiger charge is -2.14. The van der Waals surface area contributed by atoms with Crippen molar-refractivity contribution in [3.8, 4) is 0 Å². The summed E-state index contributed by atoms with van der Waals surface area (Å²) < 4.78 is 1.87. The summed E-state index contributed by atoms with van der Waals surface area (Å²) in [7, 11) is 4.00. The molecule has 0 amide bonds. The first-order valence-electron chi connectivity index (χ1n) is 6.59. The van der Waals surface area contributed by atoms with E-state index in [1.165, 1.54) is 0 Å². The number of anilines is 1. The van der Waals surface area contributed by atoms with Crippen LogP contribution in [0.4, 0.5) is 5.69 Å². The number of benzene rings is 1. The number of hydrogen-bond acceptors (Lipinski definition) is 3. The van der Waals surface area contributed by atoms with E-state index in [0.29, 0.717) is 0 Å². The maximum atomic E-state index is 10.3. The molecule has 1 heterocycles. The first kappa shape index (κ1) is 13.6. The molecule has 0 fully saturated rings. The first-order valence-corrected chi connectivity index (χ1v) is 6.59. The summed E-state index contributed by atoms with van der Waals surface area (Å²) in [5.41, 5.74) is 2.85. The topological polar surface area (TPSA) is 41.3 Å². The highest BCUT2D eigenvalue weighted by Crippen LogP contribution is 2.23. The van der Waals surface area contributed by atoms with Gasteiger partial charge in [-0.1, -0.05) is 19.1 Å². The number of rotatable bonds is 5. The summed E-state index contributed by atoms with van der Waals surface area (Å²) in [4.78, 5) is 2.04. The van der Waals surface area contributed by atoms with E-state index in [-0.39, 0.29) is 0 Å².